The Hall–Kier alpha value is 0.150. The van der Waals surface area contributed by atoms with Crippen molar-refractivity contribution in [3.05, 3.63) is 0 Å². The molecule has 0 aromatic rings. The van der Waals surface area contributed by atoms with Gasteiger partial charge < -0.3 is 0 Å². The van der Waals surface area contributed by atoms with Gasteiger partial charge in [0.05, 0.1) is 0 Å². The van der Waals surface area contributed by atoms with Crippen molar-refractivity contribution in [1.29, 1.82) is 0 Å². The maximum atomic E-state index is 10.9. The van der Waals surface area contributed by atoms with Crippen LogP contribution in [0, 0.1) is 11.8 Å². The fourth-order valence-electron chi connectivity index (χ4n) is 1.28. The van der Waals surface area contributed by atoms with E-state index in [4.69, 9.17) is 0 Å². The van der Waals surface area contributed by atoms with Crippen LogP contribution in [0.4, 0.5) is 0 Å². The Morgan fingerprint density at radius 3 is 2.22 bits per heavy atom. The minimum absolute atomic E-state index is 0.463. The molecule has 0 N–H and O–H groups in total. The van der Waals surface area contributed by atoms with Crippen molar-refractivity contribution in [1.82, 2.24) is 0 Å². The zero-order valence-corrected chi connectivity index (χ0v) is 7.07. The normalized spacial score (nSPS) is 42.9. The Bertz CT molecular complexity index is 131. The minimum atomic E-state index is -0.487. The molecule has 1 fully saturated rings. The summed E-state index contributed by atoms with van der Waals surface area (Å²) in [6.07, 6.45) is 0. The summed E-state index contributed by atoms with van der Waals surface area (Å²) < 4.78 is 10.9. The molecule has 1 nitrogen and oxygen atoms in total. The van der Waals surface area contributed by atoms with E-state index in [1.54, 1.807) is 0 Å². The topological polar surface area (TPSA) is 17.1 Å². The molecule has 0 amide bonds. The molecule has 0 aromatic carbocycles. The highest BCUT2D eigenvalue weighted by atomic mass is 32.2. The third-order valence-electron chi connectivity index (χ3n) is 2.23. The molecule has 0 saturated carbocycles. The van der Waals surface area contributed by atoms with Crippen LogP contribution in [-0.2, 0) is 10.8 Å². The molecule has 2 unspecified atom stereocenters. The van der Waals surface area contributed by atoms with Gasteiger partial charge in [0.2, 0.25) is 0 Å². The standard InChI is InChI=1S/C7H14OS/c1-5(2)7-4-9(8)6(7)3/h5-7H,4H2,1-3H3/t6-,7?,9?/m1/s1. The van der Waals surface area contributed by atoms with Crippen molar-refractivity contribution < 1.29 is 4.21 Å². The van der Waals surface area contributed by atoms with Gasteiger partial charge in [0.25, 0.3) is 0 Å². The molecule has 1 rings (SSSR count). The predicted molar refractivity (Wildman–Crippen MR) is 40.8 cm³/mol. The molecule has 9 heavy (non-hydrogen) atoms. The van der Waals surface area contributed by atoms with Crippen molar-refractivity contribution in [3.63, 3.8) is 0 Å². The zero-order chi connectivity index (χ0) is 7.02. The van der Waals surface area contributed by atoms with Crippen LogP contribution in [0.5, 0.6) is 0 Å². The average Bonchev–Trinajstić information content (AvgIpc) is 1.81. The molecular formula is C7H14OS. The quantitative estimate of drug-likeness (QED) is 0.546. The Kier molecular flexibility index (Phi) is 1.94. The molecule has 54 valence electrons. The van der Waals surface area contributed by atoms with Crippen LogP contribution in [0.1, 0.15) is 20.8 Å². The predicted octanol–water partition coefficient (Wildman–Crippen LogP) is 1.41. The molecule has 1 aliphatic rings. The molecule has 1 saturated heterocycles. The van der Waals surface area contributed by atoms with Gasteiger partial charge in [-0.2, -0.15) is 0 Å². The van der Waals surface area contributed by atoms with Gasteiger partial charge in [-0.3, -0.25) is 4.21 Å². The molecule has 3 atom stereocenters. The Balaban J connectivity index is 2.42. The van der Waals surface area contributed by atoms with Crippen molar-refractivity contribution in [2.75, 3.05) is 5.75 Å². The first-order valence-corrected chi connectivity index (χ1v) is 4.88. The van der Waals surface area contributed by atoms with Crippen LogP contribution < -0.4 is 0 Å². The Morgan fingerprint density at radius 2 is 2.11 bits per heavy atom. The van der Waals surface area contributed by atoms with E-state index in [-0.39, 0.29) is 0 Å². The van der Waals surface area contributed by atoms with Gasteiger partial charge in [-0.1, -0.05) is 20.8 Å². The van der Waals surface area contributed by atoms with E-state index in [0.29, 0.717) is 5.25 Å². The molecule has 0 aromatic heterocycles. The lowest BCUT2D eigenvalue weighted by atomic mass is 9.94. The molecule has 0 bridgehead atoms. The number of hydrogen-bond acceptors (Lipinski definition) is 1. The molecule has 1 aliphatic heterocycles. The maximum absolute atomic E-state index is 10.9. The Labute approximate surface area is 59.3 Å². The van der Waals surface area contributed by atoms with Crippen molar-refractivity contribution >= 4 is 10.8 Å². The second-order valence-corrected chi connectivity index (χ2v) is 5.00. The summed E-state index contributed by atoms with van der Waals surface area (Å²) in [6, 6.07) is 0. The smallest absolute Gasteiger partial charge is 0.0359 e. The van der Waals surface area contributed by atoms with Crippen molar-refractivity contribution in [2.45, 2.75) is 26.0 Å². The third-order valence-corrected chi connectivity index (χ3v) is 4.12. The highest BCUT2D eigenvalue weighted by Gasteiger charge is 2.36. The lowest BCUT2D eigenvalue weighted by molar-refractivity contribution is 0.384. The summed E-state index contributed by atoms with van der Waals surface area (Å²) in [5.74, 6) is 2.39. The fourth-order valence-corrected chi connectivity index (χ4v) is 3.08. The largest absolute Gasteiger partial charge is 0.259 e. The SMILES string of the molecule is CC(C)C1CS(=O)[C@@H]1C. The van der Waals surface area contributed by atoms with E-state index in [9.17, 15) is 4.21 Å². The number of hydrogen-bond donors (Lipinski definition) is 0. The molecular weight excluding hydrogens is 132 g/mol. The fraction of sp³-hybridized carbons (Fsp3) is 1.00. The molecule has 0 aliphatic carbocycles. The van der Waals surface area contributed by atoms with Crippen LogP contribution >= 0.6 is 0 Å². The van der Waals surface area contributed by atoms with Crippen LogP contribution in [0.3, 0.4) is 0 Å². The van der Waals surface area contributed by atoms with E-state index in [0.717, 1.165) is 17.6 Å². The first kappa shape index (κ1) is 7.26. The van der Waals surface area contributed by atoms with Gasteiger partial charge in [0.1, 0.15) is 0 Å². The van der Waals surface area contributed by atoms with Gasteiger partial charge >= 0.3 is 0 Å². The van der Waals surface area contributed by atoms with Crippen molar-refractivity contribution in [3.8, 4) is 0 Å². The summed E-state index contributed by atoms with van der Waals surface area (Å²) in [5, 5.41) is 0.463. The van der Waals surface area contributed by atoms with Gasteiger partial charge in [-0.15, -0.1) is 0 Å². The van der Waals surface area contributed by atoms with Crippen LogP contribution in [0.15, 0.2) is 0 Å². The molecule has 0 radical (unpaired) electrons. The Morgan fingerprint density at radius 1 is 1.56 bits per heavy atom. The van der Waals surface area contributed by atoms with E-state index < -0.39 is 10.8 Å². The van der Waals surface area contributed by atoms with Gasteiger partial charge in [0, 0.05) is 21.8 Å². The molecule has 1 heterocycles. The third kappa shape index (κ3) is 1.18. The maximum Gasteiger partial charge on any atom is 0.0359 e. The number of rotatable bonds is 1. The highest BCUT2D eigenvalue weighted by Crippen LogP contribution is 2.29. The summed E-state index contributed by atoms with van der Waals surface area (Å²) in [5.41, 5.74) is 0. The first-order valence-electron chi connectivity index (χ1n) is 3.50. The van der Waals surface area contributed by atoms with Crippen LogP contribution in [0.25, 0.3) is 0 Å². The van der Waals surface area contributed by atoms with Gasteiger partial charge in [-0.25, -0.2) is 0 Å². The lowest BCUT2D eigenvalue weighted by Gasteiger charge is -2.35. The lowest BCUT2D eigenvalue weighted by Crippen LogP contribution is -2.43. The van der Waals surface area contributed by atoms with Crippen molar-refractivity contribution in [2.24, 2.45) is 11.8 Å². The molecule has 0 spiro atoms. The second kappa shape index (κ2) is 2.41. The van der Waals surface area contributed by atoms with Crippen LogP contribution in [-0.4, -0.2) is 15.2 Å². The summed E-state index contributed by atoms with van der Waals surface area (Å²) in [4.78, 5) is 0. The second-order valence-electron chi connectivity index (χ2n) is 3.16. The average molecular weight is 146 g/mol. The van der Waals surface area contributed by atoms with Gasteiger partial charge in [-0.05, 0) is 11.8 Å². The van der Waals surface area contributed by atoms with Gasteiger partial charge in [0.15, 0.2) is 0 Å². The zero-order valence-electron chi connectivity index (χ0n) is 6.26. The first-order chi connectivity index (χ1) is 4.13. The van der Waals surface area contributed by atoms with E-state index in [1.807, 2.05) is 0 Å². The van der Waals surface area contributed by atoms with E-state index in [1.165, 1.54) is 0 Å². The van der Waals surface area contributed by atoms with E-state index in [2.05, 4.69) is 20.8 Å². The summed E-state index contributed by atoms with van der Waals surface area (Å²) in [7, 11) is -0.487. The van der Waals surface area contributed by atoms with Crippen LogP contribution in [0.2, 0.25) is 0 Å². The molecule has 2 heteroatoms. The van der Waals surface area contributed by atoms with E-state index >= 15 is 0 Å². The minimum Gasteiger partial charge on any atom is -0.259 e. The summed E-state index contributed by atoms with van der Waals surface area (Å²) in [6.45, 7) is 6.50. The monoisotopic (exact) mass is 146 g/mol. The summed E-state index contributed by atoms with van der Waals surface area (Å²) >= 11 is 0. The highest BCUT2D eigenvalue weighted by molar-refractivity contribution is 7.87.